The van der Waals surface area contributed by atoms with Crippen LogP contribution in [0.3, 0.4) is 0 Å². The highest BCUT2D eigenvalue weighted by Crippen LogP contribution is 2.28. The van der Waals surface area contributed by atoms with Crippen molar-refractivity contribution in [2.75, 3.05) is 0 Å². The minimum absolute atomic E-state index is 0.705. The molecular weight excluding hydrogens is 288 g/mol. The molecule has 6 heteroatoms. The number of halogens is 1. The van der Waals surface area contributed by atoms with Crippen LogP contribution in [0, 0.1) is 13.8 Å². The van der Waals surface area contributed by atoms with E-state index in [9.17, 15) is 0 Å². The summed E-state index contributed by atoms with van der Waals surface area (Å²) in [5.41, 5.74) is 1.92. The van der Waals surface area contributed by atoms with Gasteiger partial charge in [0, 0.05) is 17.6 Å². The second-order valence-electron chi connectivity index (χ2n) is 3.21. The van der Waals surface area contributed by atoms with Crippen molar-refractivity contribution in [3.8, 4) is 0 Å². The van der Waals surface area contributed by atoms with Gasteiger partial charge < -0.3 is 0 Å². The molecule has 0 fully saturated rings. The Morgan fingerprint density at radius 2 is 1.88 bits per heavy atom. The number of hydrogen-bond acceptors (Lipinski definition) is 5. The SMILES string of the molecule is Cc1cc(C)nc(Sc2ncncc2Br)n1. The Kier molecular flexibility index (Phi) is 3.50. The summed E-state index contributed by atoms with van der Waals surface area (Å²) >= 11 is 4.81. The maximum absolute atomic E-state index is 4.34. The molecule has 0 bridgehead atoms. The lowest BCUT2D eigenvalue weighted by Crippen LogP contribution is -1.93. The number of hydrogen-bond donors (Lipinski definition) is 0. The van der Waals surface area contributed by atoms with Crippen LogP contribution in [0.5, 0.6) is 0 Å². The van der Waals surface area contributed by atoms with Crippen molar-refractivity contribution in [3.05, 3.63) is 34.5 Å². The minimum atomic E-state index is 0.705. The molecule has 0 N–H and O–H groups in total. The first-order valence-corrected chi connectivity index (χ1v) is 6.22. The summed E-state index contributed by atoms with van der Waals surface area (Å²) in [6.07, 6.45) is 3.22. The lowest BCUT2D eigenvalue weighted by molar-refractivity contribution is 0.896. The maximum atomic E-state index is 4.34. The van der Waals surface area contributed by atoms with Crippen LogP contribution in [-0.4, -0.2) is 19.9 Å². The van der Waals surface area contributed by atoms with Gasteiger partial charge in [0.15, 0.2) is 5.16 Å². The zero-order valence-corrected chi connectivity index (χ0v) is 11.2. The smallest absolute Gasteiger partial charge is 0.194 e. The lowest BCUT2D eigenvalue weighted by Gasteiger charge is -2.03. The second-order valence-corrected chi connectivity index (χ2v) is 5.02. The third-order valence-electron chi connectivity index (χ3n) is 1.78. The highest BCUT2D eigenvalue weighted by atomic mass is 79.9. The van der Waals surface area contributed by atoms with E-state index in [1.807, 2.05) is 19.9 Å². The van der Waals surface area contributed by atoms with E-state index in [0.717, 1.165) is 20.9 Å². The van der Waals surface area contributed by atoms with Crippen LogP contribution >= 0.6 is 27.7 Å². The monoisotopic (exact) mass is 296 g/mol. The van der Waals surface area contributed by atoms with Gasteiger partial charge in [-0.15, -0.1) is 0 Å². The molecule has 0 saturated carbocycles. The molecule has 4 nitrogen and oxygen atoms in total. The summed E-state index contributed by atoms with van der Waals surface area (Å²) < 4.78 is 0.850. The molecule has 0 radical (unpaired) electrons. The van der Waals surface area contributed by atoms with E-state index in [4.69, 9.17) is 0 Å². The van der Waals surface area contributed by atoms with Crippen molar-refractivity contribution in [2.45, 2.75) is 24.0 Å². The molecular formula is C10H9BrN4S. The molecule has 2 heterocycles. The van der Waals surface area contributed by atoms with Crippen LogP contribution in [0.15, 0.2) is 33.2 Å². The van der Waals surface area contributed by atoms with Gasteiger partial charge in [-0.05, 0) is 47.6 Å². The van der Waals surface area contributed by atoms with E-state index in [-0.39, 0.29) is 0 Å². The van der Waals surface area contributed by atoms with Crippen molar-refractivity contribution in [1.82, 2.24) is 19.9 Å². The molecule has 16 heavy (non-hydrogen) atoms. The largest absolute Gasteiger partial charge is 0.244 e. The van der Waals surface area contributed by atoms with Crippen molar-refractivity contribution in [2.24, 2.45) is 0 Å². The van der Waals surface area contributed by atoms with Gasteiger partial charge in [0.05, 0.1) is 4.47 Å². The third-order valence-corrected chi connectivity index (χ3v) is 3.51. The fourth-order valence-electron chi connectivity index (χ4n) is 1.20. The van der Waals surface area contributed by atoms with Gasteiger partial charge in [-0.3, -0.25) is 0 Å². The highest BCUT2D eigenvalue weighted by Gasteiger charge is 2.07. The average molecular weight is 297 g/mol. The topological polar surface area (TPSA) is 51.6 Å². The molecule has 0 aliphatic rings. The Morgan fingerprint density at radius 1 is 1.19 bits per heavy atom. The van der Waals surface area contributed by atoms with Crippen molar-refractivity contribution >= 4 is 27.7 Å². The Balaban J connectivity index is 2.30. The molecule has 0 atom stereocenters. The lowest BCUT2D eigenvalue weighted by atomic mass is 10.4. The first kappa shape index (κ1) is 11.5. The van der Waals surface area contributed by atoms with Gasteiger partial charge in [-0.2, -0.15) is 0 Å². The number of aromatic nitrogens is 4. The minimum Gasteiger partial charge on any atom is -0.244 e. The van der Waals surface area contributed by atoms with Crippen LogP contribution in [-0.2, 0) is 0 Å². The molecule has 0 aliphatic carbocycles. The van der Waals surface area contributed by atoms with E-state index < -0.39 is 0 Å². The number of rotatable bonds is 2. The van der Waals surface area contributed by atoms with Gasteiger partial charge in [0.25, 0.3) is 0 Å². The predicted molar refractivity (Wildman–Crippen MR) is 65.4 cm³/mol. The summed E-state index contributed by atoms with van der Waals surface area (Å²) in [7, 11) is 0. The molecule has 2 rings (SSSR count). The van der Waals surface area contributed by atoms with Crippen LogP contribution < -0.4 is 0 Å². The molecule has 0 saturated heterocycles. The standard InChI is InChI=1S/C10H9BrN4S/c1-6-3-7(2)15-10(14-6)16-9-8(11)4-12-5-13-9/h3-5H,1-2H3. The van der Waals surface area contributed by atoms with E-state index in [2.05, 4.69) is 35.9 Å². The molecule has 0 aliphatic heterocycles. The van der Waals surface area contributed by atoms with Gasteiger partial charge in [0.2, 0.25) is 0 Å². The van der Waals surface area contributed by atoms with Crippen LogP contribution in [0.2, 0.25) is 0 Å². The first-order valence-electron chi connectivity index (χ1n) is 4.61. The molecule has 0 spiro atoms. The van der Waals surface area contributed by atoms with Crippen molar-refractivity contribution in [3.63, 3.8) is 0 Å². The first-order chi connectivity index (χ1) is 7.65. The van der Waals surface area contributed by atoms with Gasteiger partial charge in [-0.1, -0.05) is 0 Å². The van der Waals surface area contributed by atoms with Crippen LogP contribution in [0.4, 0.5) is 0 Å². The van der Waals surface area contributed by atoms with E-state index in [1.165, 1.54) is 18.1 Å². The van der Waals surface area contributed by atoms with Crippen molar-refractivity contribution < 1.29 is 0 Å². The predicted octanol–water partition coefficient (Wildman–Crippen LogP) is 2.80. The quantitative estimate of drug-likeness (QED) is 0.630. The summed E-state index contributed by atoms with van der Waals surface area (Å²) in [4.78, 5) is 16.7. The summed E-state index contributed by atoms with van der Waals surface area (Å²) in [5, 5.41) is 1.52. The molecule has 0 aromatic carbocycles. The number of aryl methyl sites for hydroxylation is 2. The van der Waals surface area contributed by atoms with Crippen LogP contribution in [0.25, 0.3) is 0 Å². The van der Waals surface area contributed by atoms with Gasteiger partial charge >= 0.3 is 0 Å². The van der Waals surface area contributed by atoms with Gasteiger partial charge in [-0.25, -0.2) is 19.9 Å². The summed E-state index contributed by atoms with van der Waals surface area (Å²) in [6.45, 7) is 3.90. The second kappa shape index (κ2) is 4.88. The summed E-state index contributed by atoms with van der Waals surface area (Å²) in [6, 6.07) is 1.94. The van der Waals surface area contributed by atoms with E-state index >= 15 is 0 Å². The molecule has 0 amide bonds. The number of nitrogens with zero attached hydrogens (tertiary/aromatic N) is 4. The van der Waals surface area contributed by atoms with E-state index in [0.29, 0.717) is 5.16 Å². The average Bonchev–Trinajstić information content (AvgIpc) is 2.20. The Hall–Kier alpha value is -1.01. The van der Waals surface area contributed by atoms with E-state index in [1.54, 1.807) is 6.20 Å². The molecule has 2 aromatic rings. The Morgan fingerprint density at radius 3 is 2.50 bits per heavy atom. The third kappa shape index (κ3) is 2.76. The summed E-state index contributed by atoms with van der Waals surface area (Å²) in [5.74, 6) is 0. The molecule has 0 unspecified atom stereocenters. The van der Waals surface area contributed by atoms with Gasteiger partial charge in [0.1, 0.15) is 11.4 Å². The fraction of sp³-hybridized carbons (Fsp3) is 0.200. The van der Waals surface area contributed by atoms with Crippen LogP contribution in [0.1, 0.15) is 11.4 Å². The fourth-order valence-corrected chi connectivity index (χ4v) is 2.47. The maximum Gasteiger partial charge on any atom is 0.194 e. The zero-order chi connectivity index (χ0) is 11.5. The molecule has 82 valence electrons. The normalized spacial score (nSPS) is 10.4. The Bertz CT molecular complexity index is 498. The Labute approximate surface area is 106 Å². The highest BCUT2D eigenvalue weighted by molar-refractivity contribution is 9.10. The van der Waals surface area contributed by atoms with Crippen molar-refractivity contribution in [1.29, 1.82) is 0 Å². The zero-order valence-electron chi connectivity index (χ0n) is 8.81. The molecule has 2 aromatic heterocycles.